The van der Waals surface area contributed by atoms with E-state index in [0.717, 1.165) is 25.9 Å². The number of likely N-dealkylation sites (N-methyl/N-ethyl adjacent to an activating group) is 2. The molecule has 1 N–H and O–H groups in total. The number of nitrogens with zero attached hydrogens (tertiary/aromatic N) is 1. The standard InChI is InChI=1S/C14H28N2O3/c1-5-16(9-10-18-4)11-14(15-3,12-7-8-12)13(17)19-6-2/h12,15H,5-11H2,1-4H3. The zero-order valence-electron chi connectivity index (χ0n) is 12.7. The van der Waals surface area contributed by atoms with Gasteiger partial charge < -0.3 is 14.8 Å². The van der Waals surface area contributed by atoms with E-state index < -0.39 is 5.54 Å². The molecule has 0 aromatic heterocycles. The highest BCUT2D eigenvalue weighted by Gasteiger charge is 2.51. The molecule has 0 spiro atoms. The van der Waals surface area contributed by atoms with Crippen LogP contribution in [-0.4, -0.2) is 63.4 Å². The van der Waals surface area contributed by atoms with Gasteiger partial charge in [0.25, 0.3) is 0 Å². The minimum atomic E-state index is -0.556. The van der Waals surface area contributed by atoms with Gasteiger partial charge in [-0.1, -0.05) is 6.92 Å². The summed E-state index contributed by atoms with van der Waals surface area (Å²) in [5, 5.41) is 3.25. The summed E-state index contributed by atoms with van der Waals surface area (Å²) in [6.45, 7) is 7.50. The predicted molar refractivity (Wildman–Crippen MR) is 75.1 cm³/mol. The van der Waals surface area contributed by atoms with Crippen LogP contribution in [0.5, 0.6) is 0 Å². The highest BCUT2D eigenvalue weighted by Crippen LogP contribution is 2.40. The first-order valence-electron chi connectivity index (χ1n) is 7.22. The van der Waals surface area contributed by atoms with Gasteiger partial charge in [-0.05, 0) is 39.3 Å². The molecule has 0 aliphatic heterocycles. The molecule has 1 unspecified atom stereocenters. The Morgan fingerprint density at radius 2 is 2.11 bits per heavy atom. The van der Waals surface area contributed by atoms with Crippen molar-refractivity contribution in [3.8, 4) is 0 Å². The largest absolute Gasteiger partial charge is 0.465 e. The van der Waals surface area contributed by atoms with E-state index in [2.05, 4.69) is 17.1 Å². The SMILES string of the molecule is CCOC(=O)C(CN(CC)CCOC)(NC)C1CC1. The van der Waals surface area contributed by atoms with E-state index in [1.807, 2.05) is 14.0 Å². The molecule has 1 aliphatic rings. The molecule has 0 amide bonds. The van der Waals surface area contributed by atoms with Crippen LogP contribution in [0, 0.1) is 5.92 Å². The van der Waals surface area contributed by atoms with Crippen molar-refractivity contribution in [2.45, 2.75) is 32.2 Å². The highest BCUT2D eigenvalue weighted by molar-refractivity contribution is 5.82. The molecule has 1 saturated carbocycles. The van der Waals surface area contributed by atoms with Gasteiger partial charge in [-0.2, -0.15) is 0 Å². The van der Waals surface area contributed by atoms with Crippen molar-refractivity contribution in [1.29, 1.82) is 0 Å². The summed E-state index contributed by atoms with van der Waals surface area (Å²) >= 11 is 0. The lowest BCUT2D eigenvalue weighted by Crippen LogP contribution is -2.60. The van der Waals surface area contributed by atoms with Gasteiger partial charge in [-0.15, -0.1) is 0 Å². The maximum atomic E-state index is 12.4. The monoisotopic (exact) mass is 272 g/mol. The number of ether oxygens (including phenoxy) is 2. The van der Waals surface area contributed by atoms with Crippen molar-refractivity contribution >= 4 is 5.97 Å². The highest BCUT2D eigenvalue weighted by atomic mass is 16.5. The van der Waals surface area contributed by atoms with Crippen LogP contribution in [0.1, 0.15) is 26.7 Å². The molecule has 0 saturated heterocycles. The normalized spacial score (nSPS) is 18.4. The molecule has 0 aromatic rings. The number of carbonyl (C=O) groups is 1. The van der Waals surface area contributed by atoms with E-state index in [1.54, 1.807) is 7.11 Å². The molecule has 5 nitrogen and oxygen atoms in total. The Bertz CT molecular complexity index is 282. The summed E-state index contributed by atoms with van der Waals surface area (Å²) < 4.78 is 10.4. The molecule has 19 heavy (non-hydrogen) atoms. The van der Waals surface area contributed by atoms with Gasteiger partial charge in [0.2, 0.25) is 0 Å². The summed E-state index contributed by atoms with van der Waals surface area (Å²) in [6, 6.07) is 0. The number of hydrogen-bond acceptors (Lipinski definition) is 5. The zero-order chi connectivity index (χ0) is 14.3. The maximum absolute atomic E-state index is 12.4. The fourth-order valence-corrected chi connectivity index (χ4v) is 2.50. The van der Waals surface area contributed by atoms with Crippen molar-refractivity contribution in [3.05, 3.63) is 0 Å². The second-order valence-electron chi connectivity index (χ2n) is 5.08. The lowest BCUT2D eigenvalue weighted by Gasteiger charge is -2.36. The second kappa shape index (κ2) is 7.82. The second-order valence-corrected chi connectivity index (χ2v) is 5.08. The molecule has 0 bridgehead atoms. The Kier molecular flexibility index (Phi) is 6.75. The average molecular weight is 272 g/mol. The van der Waals surface area contributed by atoms with E-state index in [1.165, 1.54) is 0 Å². The van der Waals surface area contributed by atoms with Gasteiger partial charge in [0, 0.05) is 20.2 Å². The first kappa shape index (κ1) is 16.4. The molecule has 1 atom stereocenters. The van der Waals surface area contributed by atoms with E-state index in [4.69, 9.17) is 9.47 Å². The van der Waals surface area contributed by atoms with Crippen molar-refractivity contribution in [1.82, 2.24) is 10.2 Å². The summed E-state index contributed by atoms with van der Waals surface area (Å²) in [4.78, 5) is 14.6. The molecule has 112 valence electrons. The molecular weight excluding hydrogens is 244 g/mol. The summed E-state index contributed by atoms with van der Waals surface area (Å²) in [6.07, 6.45) is 2.20. The first-order chi connectivity index (χ1) is 9.14. The summed E-state index contributed by atoms with van der Waals surface area (Å²) in [7, 11) is 3.56. The van der Waals surface area contributed by atoms with Crippen LogP contribution in [0.2, 0.25) is 0 Å². The van der Waals surface area contributed by atoms with Crippen molar-refractivity contribution in [2.24, 2.45) is 5.92 Å². The Morgan fingerprint density at radius 1 is 1.42 bits per heavy atom. The van der Waals surface area contributed by atoms with Gasteiger partial charge in [0.05, 0.1) is 13.2 Å². The van der Waals surface area contributed by atoms with Crippen LogP contribution in [0.4, 0.5) is 0 Å². The van der Waals surface area contributed by atoms with Gasteiger partial charge >= 0.3 is 5.97 Å². The number of rotatable bonds is 10. The smallest absolute Gasteiger partial charge is 0.327 e. The molecule has 0 aromatic carbocycles. The van der Waals surface area contributed by atoms with E-state index >= 15 is 0 Å². The minimum absolute atomic E-state index is 0.115. The van der Waals surface area contributed by atoms with Gasteiger partial charge in [-0.3, -0.25) is 4.90 Å². The third-order valence-electron chi connectivity index (χ3n) is 3.89. The third kappa shape index (κ3) is 4.16. The Hall–Kier alpha value is -0.650. The summed E-state index contributed by atoms with van der Waals surface area (Å²) in [5.74, 6) is 0.281. The number of nitrogens with one attached hydrogen (secondary N) is 1. The van der Waals surface area contributed by atoms with Gasteiger partial charge in [0.1, 0.15) is 5.54 Å². The fourth-order valence-electron chi connectivity index (χ4n) is 2.50. The molecule has 0 heterocycles. The van der Waals surface area contributed by atoms with E-state index in [-0.39, 0.29) is 5.97 Å². The van der Waals surface area contributed by atoms with Gasteiger partial charge in [-0.25, -0.2) is 4.79 Å². The van der Waals surface area contributed by atoms with Crippen LogP contribution in [0.15, 0.2) is 0 Å². The minimum Gasteiger partial charge on any atom is -0.465 e. The molecular formula is C14H28N2O3. The van der Waals surface area contributed by atoms with E-state index in [9.17, 15) is 4.79 Å². The first-order valence-corrected chi connectivity index (χ1v) is 7.22. The topological polar surface area (TPSA) is 50.8 Å². The fraction of sp³-hybridized carbons (Fsp3) is 0.929. The number of hydrogen-bond donors (Lipinski definition) is 1. The zero-order valence-corrected chi connectivity index (χ0v) is 12.7. The average Bonchev–Trinajstić information content (AvgIpc) is 3.24. The van der Waals surface area contributed by atoms with E-state index in [0.29, 0.717) is 25.7 Å². The van der Waals surface area contributed by atoms with Gasteiger partial charge in [0.15, 0.2) is 0 Å². The van der Waals surface area contributed by atoms with Crippen LogP contribution < -0.4 is 5.32 Å². The lowest BCUT2D eigenvalue weighted by atomic mass is 9.92. The molecule has 1 aliphatic carbocycles. The van der Waals surface area contributed by atoms with Crippen LogP contribution in [0.3, 0.4) is 0 Å². The molecule has 1 fully saturated rings. The predicted octanol–water partition coefficient (Wildman–Crippen LogP) is 0.886. The molecule has 0 radical (unpaired) electrons. The number of esters is 1. The van der Waals surface area contributed by atoms with Crippen LogP contribution in [-0.2, 0) is 14.3 Å². The van der Waals surface area contributed by atoms with Crippen molar-refractivity contribution in [3.63, 3.8) is 0 Å². The third-order valence-corrected chi connectivity index (χ3v) is 3.89. The lowest BCUT2D eigenvalue weighted by molar-refractivity contribution is -0.153. The number of methoxy groups -OCH3 is 1. The number of carbonyl (C=O) groups excluding carboxylic acids is 1. The van der Waals surface area contributed by atoms with Crippen LogP contribution >= 0.6 is 0 Å². The van der Waals surface area contributed by atoms with Crippen molar-refractivity contribution in [2.75, 3.05) is 47.0 Å². The van der Waals surface area contributed by atoms with Crippen molar-refractivity contribution < 1.29 is 14.3 Å². The molecule has 5 heteroatoms. The van der Waals surface area contributed by atoms with Crippen LogP contribution in [0.25, 0.3) is 0 Å². The Balaban J connectivity index is 2.74. The maximum Gasteiger partial charge on any atom is 0.327 e. The molecule has 1 rings (SSSR count). The quantitative estimate of drug-likeness (QED) is 0.599. The summed E-state index contributed by atoms with van der Waals surface area (Å²) in [5.41, 5.74) is -0.556. The Labute approximate surface area is 116 Å². The Morgan fingerprint density at radius 3 is 2.53 bits per heavy atom.